The van der Waals surface area contributed by atoms with Gasteiger partial charge in [-0.25, -0.2) is 0 Å². The minimum atomic E-state index is 0.0403. The minimum absolute atomic E-state index is 0.0403. The SMILES string of the molecule is Cc1sc(C(=O)NC2CCCCCC2C)cc1N. The summed E-state index contributed by atoms with van der Waals surface area (Å²) in [5.74, 6) is 0.619. The van der Waals surface area contributed by atoms with E-state index in [1.165, 1.54) is 37.0 Å². The molecule has 100 valence electrons. The molecule has 1 amide bonds. The lowest BCUT2D eigenvalue weighted by atomic mass is 9.97. The number of thiophene rings is 1. The summed E-state index contributed by atoms with van der Waals surface area (Å²) in [4.78, 5) is 13.9. The molecule has 4 heteroatoms. The van der Waals surface area contributed by atoms with Crippen LogP contribution in [0.4, 0.5) is 5.69 Å². The van der Waals surface area contributed by atoms with Gasteiger partial charge < -0.3 is 11.1 Å². The number of carbonyl (C=O) groups is 1. The van der Waals surface area contributed by atoms with Gasteiger partial charge in [0.2, 0.25) is 0 Å². The fourth-order valence-corrected chi connectivity index (χ4v) is 3.40. The molecule has 1 aliphatic rings. The van der Waals surface area contributed by atoms with E-state index in [0.29, 0.717) is 12.0 Å². The summed E-state index contributed by atoms with van der Waals surface area (Å²) in [6.07, 6.45) is 6.13. The molecule has 1 aromatic heterocycles. The molecule has 3 nitrogen and oxygen atoms in total. The third kappa shape index (κ3) is 3.05. The van der Waals surface area contributed by atoms with Crippen molar-refractivity contribution in [1.82, 2.24) is 5.32 Å². The van der Waals surface area contributed by atoms with Gasteiger partial charge in [-0.05, 0) is 31.7 Å². The number of anilines is 1. The van der Waals surface area contributed by atoms with Gasteiger partial charge in [0.1, 0.15) is 0 Å². The van der Waals surface area contributed by atoms with E-state index in [0.717, 1.165) is 21.9 Å². The standard InChI is InChI=1S/C14H22N2OS/c1-9-6-4-3-5-7-12(9)16-14(17)13-8-11(15)10(2)18-13/h8-9,12H,3-7,15H2,1-2H3,(H,16,17). The maximum Gasteiger partial charge on any atom is 0.261 e. The second-order valence-corrected chi connectivity index (χ2v) is 6.57. The van der Waals surface area contributed by atoms with Gasteiger partial charge in [0, 0.05) is 16.6 Å². The van der Waals surface area contributed by atoms with Crippen LogP contribution in [-0.4, -0.2) is 11.9 Å². The zero-order valence-electron chi connectivity index (χ0n) is 11.2. The minimum Gasteiger partial charge on any atom is -0.398 e. The van der Waals surface area contributed by atoms with E-state index >= 15 is 0 Å². The number of nitrogens with two attached hydrogens (primary N) is 1. The Balaban J connectivity index is 2.01. The first-order chi connectivity index (χ1) is 8.58. The van der Waals surface area contributed by atoms with E-state index in [1.807, 2.05) is 6.92 Å². The summed E-state index contributed by atoms with van der Waals surface area (Å²) in [7, 11) is 0. The first-order valence-electron chi connectivity index (χ1n) is 6.74. The molecule has 0 bridgehead atoms. The van der Waals surface area contributed by atoms with Crippen molar-refractivity contribution < 1.29 is 4.79 Å². The molecule has 0 aromatic carbocycles. The first kappa shape index (κ1) is 13.4. The van der Waals surface area contributed by atoms with Crippen molar-refractivity contribution >= 4 is 22.9 Å². The van der Waals surface area contributed by atoms with Gasteiger partial charge >= 0.3 is 0 Å². The average Bonchev–Trinajstić information content (AvgIpc) is 2.54. The molecule has 0 aliphatic heterocycles. The summed E-state index contributed by atoms with van der Waals surface area (Å²) in [5, 5.41) is 3.18. The van der Waals surface area contributed by atoms with Crippen molar-refractivity contribution in [2.45, 2.75) is 52.0 Å². The Morgan fingerprint density at radius 3 is 2.78 bits per heavy atom. The molecular formula is C14H22N2OS. The molecule has 1 saturated carbocycles. The predicted octanol–water partition coefficient (Wildman–Crippen LogP) is 3.34. The van der Waals surface area contributed by atoms with E-state index in [4.69, 9.17) is 5.73 Å². The van der Waals surface area contributed by atoms with Crippen LogP contribution >= 0.6 is 11.3 Å². The fraction of sp³-hybridized carbons (Fsp3) is 0.643. The largest absolute Gasteiger partial charge is 0.398 e. The number of carbonyl (C=O) groups excluding carboxylic acids is 1. The van der Waals surface area contributed by atoms with E-state index in [9.17, 15) is 4.79 Å². The molecule has 0 spiro atoms. The number of aryl methyl sites for hydroxylation is 1. The normalized spacial score (nSPS) is 24.6. The van der Waals surface area contributed by atoms with Crippen LogP contribution in [0.1, 0.15) is 53.6 Å². The summed E-state index contributed by atoms with van der Waals surface area (Å²) in [6.45, 7) is 4.19. The van der Waals surface area contributed by atoms with Crippen LogP contribution in [0, 0.1) is 12.8 Å². The van der Waals surface area contributed by atoms with Crippen LogP contribution < -0.4 is 11.1 Å². The lowest BCUT2D eigenvalue weighted by molar-refractivity contribution is 0.0925. The van der Waals surface area contributed by atoms with Gasteiger partial charge in [0.05, 0.1) is 4.88 Å². The zero-order valence-corrected chi connectivity index (χ0v) is 12.0. The monoisotopic (exact) mass is 266 g/mol. The Hall–Kier alpha value is -1.03. The molecule has 0 radical (unpaired) electrons. The molecule has 0 saturated heterocycles. The lowest BCUT2D eigenvalue weighted by Crippen LogP contribution is -2.38. The first-order valence-corrected chi connectivity index (χ1v) is 7.56. The number of nitrogen functional groups attached to an aromatic ring is 1. The second kappa shape index (κ2) is 5.74. The molecule has 3 N–H and O–H groups in total. The van der Waals surface area contributed by atoms with E-state index in [1.54, 1.807) is 6.07 Å². The maximum atomic E-state index is 12.2. The van der Waals surface area contributed by atoms with E-state index in [2.05, 4.69) is 12.2 Å². The number of rotatable bonds is 2. The molecule has 18 heavy (non-hydrogen) atoms. The van der Waals surface area contributed by atoms with Crippen LogP contribution in [0.2, 0.25) is 0 Å². The molecule has 2 atom stereocenters. The van der Waals surface area contributed by atoms with Gasteiger partial charge in [-0.1, -0.05) is 26.2 Å². The van der Waals surface area contributed by atoms with Gasteiger partial charge in [0.15, 0.2) is 0 Å². The summed E-state index contributed by atoms with van der Waals surface area (Å²) in [6, 6.07) is 2.11. The van der Waals surface area contributed by atoms with Crippen LogP contribution in [-0.2, 0) is 0 Å². The average molecular weight is 266 g/mol. The summed E-state index contributed by atoms with van der Waals surface area (Å²) < 4.78 is 0. The Kier molecular flexibility index (Phi) is 4.27. The Labute approximate surface area is 113 Å². The summed E-state index contributed by atoms with van der Waals surface area (Å²) in [5.41, 5.74) is 6.52. The van der Waals surface area contributed by atoms with Crippen LogP contribution in [0.3, 0.4) is 0 Å². The Bertz CT molecular complexity index is 408. The number of hydrogen-bond acceptors (Lipinski definition) is 3. The highest BCUT2D eigenvalue weighted by atomic mass is 32.1. The number of hydrogen-bond donors (Lipinski definition) is 2. The van der Waals surface area contributed by atoms with Crippen molar-refractivity contribution in [1.29, 1.82) is 0 Å². The van der Waals surface area contributed by atoms with E-state index in [-0.39, 0.29) is 5.91 Å². The Morgan fingerprint density at radius 2 is 2.11 bits per heavy atom. The Morgan fingerprint density at radius 1 is 1.39 bits per heavy atom. The third-order valence-electron chi connectivity index (χ3n) is 3.86. The lowest BCUT2D eigenvalue weighted by Gasteiger charge is -2.22. The molecule has 2 unspecified atom stereocenters. The van der Waals surface area contributed by atoms with Gasteiger partial charge in [0.25, 0.3) is 5.91 Å². The van der Waals surface area contributed by atoms with E-state index < -0.39 is 0 Å². The molecule has 1 heterocycles. The highest BCUT2D eigenvalue weighted by Gasteiger charge is 2.22. The number of amides is 1. The highest BCUT2D eigenvalue weighted by Crippen LogP contribution is 2.26. The predicted molar refractivity (Wildman–Crippen MR) is 77.0 cm³/mol. The fourth-order valence-electron chi connectivity index (χ4n) is 2.56. The zero-order chi connectivity index (χ0) is 13.1. The van der Waals surface area contributed by atoms with Crippen molar-refractivity contribution in [2.75, 3.05) is 5.73 Å². The van der Waals surface area contributed by atoms with Crippen LogP contribution in [0.25, 0.3) is 0 Å². The van der Waals surface area contributed by atoms with Crippen LogP contribution in [0.5, 0.6) is 0 Å². The quantitative estimate of drug-likeness (QED) is 0.807. The maximum absolute atomic E-state index is 12.2. The van der Waals surface area contributed by atoms with Crippen molar-refractivity contribution in [3.05, 3.63) is 15.8 Å². The molecule has 1 aliphatic carbocycles. The van der Waals surface area contributed by atoms with Crippen molar-refractivity contribution in [3.8, 4) is 0 Å². The van der Waals surface area contributed by atoms with Gasteiger partial charge in [-0.2, -0.15) is 0 Å². The van der Waals surface area contributed by atoms with Gasteiger partial charge in [-0.15, -0.1) is 11.3 Å². The molecule has 1 aromatic rings. The summed E-state index contributed by atoms with van der Waals surface area (Å²) >= 11 is 1.48. The molecular weight excluding hydrogens is 244 g/mol. The molecule has 2 rings (SSSR count). The second-order valence-electron chi connectivity index (χ2n) is 5.32. The smallest absolute Gasteiger partial charge is 0.261 e. The third-order valence-corrected chi connectivity index (χ3v) is 4.92. The van der Waals surface area contributed by atoms with Gasteiger partial charge in [-0.3, -0.25) is 4.79 Å². The van der Waals surface area contributed by atoms with Crippen LogP contribution in [0.15, 0.2) is 6.07 Å². The molecule has 1 fully saturated rings. The number of nitrogens with one attached hydrogen (secondary N) is 1. The highest BCUT2D eigenvalue weighted by molar-refractivity contribution is 7.14. The van der Waals surface area contributed by atoms with Crippen molar-refractivity contribution in [2.24, 2.45) is 5.92 Å². The topological polar surface area (TPSA) is 55.1 Å². The van der Waals surface area contributed by atoms with Crippen molar-refractivity contribution in [3.63, 3.8) is 0 Å².